The van der Waals surface area contributed by atoms with E-state index in [2.05, 4.69) is 25.2 Å². The average Bonchev–Trinajstić information content (AvgIpc) is 3.37. The Morgan fingerprint density at radius 2 is 1.79 bits per heavy atom. The van der Waals surface area contributed by atoms with Crippen molar-refractivity contribution < 1.29 is 23.9 Å². The summed E-state index contributed by atoms with van der Waals surface area (Å²) in [7, 11) is 1.30. The van der Waals surface area contributed by atoms with Crippen LogP contribution in [0.2, 0.25) is 5.02 Å². The number of halogens is 1. The molecule has 1 aromatic carbocycles. The number of fused-ring (bicyclic) bond motifs is 1. The Kier molecular flexibility index (Phi) is 8.44. The molecule has 0 unspecified atom stereocenters. The molecule has 0 bridgehead atoms. The van der Waals surface area contributed by atoms with E-state index < -0.39 is 29.0 Å². The van der Waals surface area contributed by atoms with Gasteiger partial charge in [0.2, 0.25) is 5.91 Å². The van der Waals surface area contributed by atoms with E-state index in [1.54, 1.807) is 45.0 Å². The van der Waals surface area contributed by atoms with Crippen LogP contribution in [0.5, 0.6) is 0 Å². The number of nitrogens with zero attached hydrogens (tertiary/aromatic N) is 3. The van der Waals surface area contributed by atoms with Gasteiger partial charge in [-0.3, -0.25) is 14.4 Å². The number of hydrogen-bond acceptors (Lipinski definition) is 8. The molecular weight excluding hydrogens is 522 g/mol. The minimum Gasteiger partial charge on any atom is -0.469 e. The lowest BCUT2D eigenvalue weighted by Crippen LogP contribution is -2.51. The highest BCUT2D eigenvalue weighted by atomic mass is 35.5. The Hall–Kier alpha value is -3.66. The predicted octanol–water partition coefficient (Wildman–Crippen LogP) is 4.35. The first-order valence-corrected chi connectivity index (χ1v) is 13.3. The zero-order chi connectivity index (χ0) is 28.2. The molecule has 2 N–H and O–H groups in total. The number of nitrogens with one attached hydrogen (secondary N) is 2. The molecule has 10 nitrogen and oxygen atoms in total. The largest absolute Gasteiger partial charge is 0.469 e. The second-order valence-corrected chi connectivity index (χ2v) is 11.3. The number of methoxy groups -OCH3 is 1. The number of H-pyrrole nitrogens is 1. The summed E-state index contributed by atoms with van der Waals surface area (Å²) < 4.78 is 10.5. The first-order chi connectivity index (χ1) is 18.5. The van der Waals surface area contributed by atoms with Gasteiger partial charge in [0.25, 0.3) is 0 Å². The van der Waals surface area contributed by atoms with Crippen LogP contribution in [-0.2, 0) is 23.9 Å². The summed E-state index contributed by atoms with van der Waals surface area (Å²) >= 11 is 6.06. The van der Waals surface area contributed by atoms with E-state index in [9.17, 15) is 14.4 Å². The highest BCUT2D eigenvalue weighted by molar-refractivity contribution is 6.30. The zero-order valence-electron chi connectivity index (χ0n) is 22.6. The summed E-state index contributed by atoms with van der Waals surface area (Å²) in [5, 5.41) is 4.47. The van der Waals surface area contributed by atoms with E-state index in [0.717, 1.165) is 16.9 Å². The van der Waals surface area contributed by atoms with Crippen LogP contribution < -0.4 is 10.2 Å². The van der Waals surface area contributed by atoms with Crippen LogP contribution in [0.3, 0.4) is 0 Å². The molecule has 4 rings (SSSR count). The van der Waals surface area contributed by atoms with Crippen LogP contribution >= 0.6 is 11.6 Å². The molecule has 0 spiro atoms. The van der Waals surface area contributed by atoms with Gasteiger partial charge in [0.05, 0.1) is 36.8 Å². The molecule has 0 radical (unpaired) electrons. The maximum atomic E-state index is 14.0. The highest BCUT2D eigenvalue weighted by Crippen LogP contribution is 2.39. The van der Waals surface area contributed by atoms with Crippen LogP contribution in [0, 0.1) is 5.41 Å². The molecule has 39 heavy (non-hydrogen) atoms. The lowest BCUT2D eigenvalue weighted by Gasteiger charge is -2.41. The SMILES string of the molecule is COC(=O)C[C@H](NC(=O)C1(CC(=O)OC(C)(C)C)CCN(c2ncnc3[nH]ccc23)CC1)c1ccc(Cl)cc1. The van der Waals surface area contributed by atoms with E-state index >= 15 is 0 Å². The summed E-state index contributed by atoms with van der Waals surface area (Å²) in [5.74, 6) is -0.452. The highest BCUT2D eigenvalue weighted by Gasteiger charge is 2.45. The number of amides is 1. The molecule has 1 atom stereocenters. The molecule has 0 aliphatic carbocycles. The third-order valence-electron chi connectivity index (χ3n) is 6.91. The second-order valence-electron chi connectivity index (χ2n) is 10.8. The molecule has 3 heterocycles. The van der Waals surface area contributed by atoms with Crippen molar-refractivity contribution in [1.29, 1.82) is 0 Å². The standard InChI is InChI=1S/C28H34ClN5O5/c1-27(2,3)39-23(36)16-28(10-13-34(14-11-28)25-20-9-12-30-24(20)31-17-32-25)26(37)33-21(15-22(35)38-4)18-5-7-19(29)8-6-18/h5-9,12,17,21H,10-11,13-16H2,1-4H3,(H,33,37)(H,30,31,32)/t21-/m0/s1. The number of aromatic nitrogens is 3. The van der Waals surface area contributed by atoms with Crippen molar-refractivity contribution in [2.75, 3.05) is 25.1 Å². The van der Waals surface area contributed by atoms with Gasteiger partial charge in [-0.05, 0) is 57.4 Å². The number of piperidine rings is 1. The lowest BCUT2D eigenvalue weighted by atomic mass is 9.74. The van der Waals surface area contributed by atoms with Crippen LogP contribution in [0.1, 0.15) is 58.1 Å². The van der Waals surface area contributed by atoms with Crippen LogP contribution in [0.15, 0.2) is 42.9 Å². The third-order valence-corrected chi connectivity index (χ3v) is 7.17. The van der Waals surface area contributed by atoms with E-state index in [0.29, 0.717) is 36.5 Å². The first kappa shape index (κ1) is 28.4. The van der Waals surface area contributed by atoms with Gasteiger partial charge >= 0.3 is 11.9 Å². The van der Waals surface area contributed by atoms with Crippen molar-refractivity contribution >= 4 is 46.3 Å². The van der Waals surface area contributed by atoms with Crippen LogP contribution in [0.25, 0.3) is 11.0 Å². The molecule has 1 saturated heterocycles. The Bertz CT molecular complexity index is 1330. The first-order valence-electron chi connectivity index (χ1n) is 12.9. The fourth-order valence-corrected chi connectivity index (χ4v) is 5.03. The van der Waals surface area contributed by atoms with Crippen molar-refractivity contribution in [3.05, 3.63) is 53.4 Å². The van der Waals surface area contributed by atoms with Gasteiger partial charge in [-0.2, -0.15) is 0 Å². The normalized spacial score (nSPS) is 16.0. The fourth-order valence-electron chi connectivity index (χ4n) is 4.90. The third kappa shape index (κ3) is 6.86. The summed E-state index contributed by atoms with van der Waals surface area (Å²) in [4.78, 5) is 53.2. The minimum atomic E-state index is -1.04. The average molecular weight is 556 g/mol. The van der Waals surface area contributed by atoms with Crippen molar-refractivity contribution in [1.82, 2.24) is 20.3 Å². The molecule has 1 aliphatic heterocycles. The molecule has 1 aliphatic rings. The molecular formula is C28H34ClN5O5. The van der Waals surface area contributed by atoms with Crippen LogP contribution in [-0.4, -0.2) is 58.6 Å². The summed E-state index contributed by atoms with van der Waals surface area (Å²) in [6.07, 6.45) is 3.95. The monoisotopic (exact) mass is 555 g/mol. The van der Waals surface area contributed by atoms with Crippen LogP contribution in [0.4, 0.5) is 5.82 Å². The van der Waals surface area contributed by atoms with Crippen molar-refractivity contribution in [2.45, 2.75) is 58.1 Å². The fraction of sp³-hybridized carbons (Fsp3) is 0.464. The molecule has 2 aromatic heterocycles. The zero-order valence-corrected chi connectivity index (χ0v) is 23.4. The van der Waals surface area contributed by atoms with Gasteiger partial charge in [-0.25, -0.2) is 9.97 Å². The number of aromatic amines is 1. The Morgan fingerprint density at radius 3 is 2.44 bits per heavy atom. The quantitative estimate of drug-likeness (QED) is 0.393. The number of hydrogen-bond donors (Lipinski definition) is 2. The number of rotatable bonds is 8. The molecule has 208 valence electrons. The maximum Gasteiger partial charge on any atom is 0.307 e. The minimum absolute atomic E-state index is 0.0646. The molecule has 1 fully saturated rings. The Morgan fingerprint density at radius 1 is 1.10 bits per heavy atom. The molecule has 3 aromatic rings. The van der Waals surface area contributed by atoms with E-state index in [1.165, 1.54) is 13.4 Å². The molecule has 11 heteroatoms. The topological polar surface area (TPSA) is 127 Å². The van der Waals surface area contributed by atoms with E-state index in [4.69, 9.17) is 21.1 Å². The Balaban J connectivity index is 1.59. The van der Waals surface area contributed by atoms with Gasteiger partial charge in [-0.1, -0.05) is 23.7 Å². The lowest BCUT2D eigenvalue weighted by molar-refractivity contribution is -0.161. The molecule has 0 saturated carbocycles. The van der Waals surface area contributed by atoms with Gasteiger partial charge in [0.1, 0.15) is 23.4 Å². The maximum absolute atomic E-state index is 14.0. The summed E-state index contributed by atoms with van der Waals surface area (Å²) in [5.41, 5.74) is -0.285. The number of ether oxygens (including phenoxy) is 2. The van der Waals surface area contributed by atoms with Gasteiger partial charge < -0.3 is 24.7 Å². The number of esters is 2. The summed E-state index contributed by atoms with van der Waals surface area (Å²) in [6.45, 7) is 6.38. The van der Waals surface area contributed by atoms with E-state index in [-0.39, 0.29) is 18.7 Å². The number of anilines is 1. The number of carbonyl (C=O) groups is 3. The number of benzene rings is 1. The van der Waals surface area contributed by atoms with E-state index in [1.807, 2.05) is 12.3 Å². The Labute approximate surface area is 232 Å². The van der Waals surface area contributed by atoms with Gasteiger partial charge in [0, 0.05) is 24.3 Å². The predicted molar refractivity (Wildman–Crippen MR) is 147 cm³/mol. The van der Waals surface area contributed by atoms with Gasteiger partial charge in [-0.15, -0.1) is 0 Å². The summed E-state index contributed by atoms with van der Waals surface area (Å²) in [6, 6.07) is 8.19. The van der Waals surface area contributed by atoms with Crippen molar-refractivity contribution in [2.24, 2.45) is 5.41 Å². The second kappa shape index (κ2) is 11.6. The number of carbonyl (C=O) groups excluding carboxylic acids is 3. The van der Waals surface area contributed by atoms with Crippen molar-refractivity contribution in [3.8, 4) is 0 Å². The van der Waals surface area contributed by atoms with Crippen molar-refractivity contribution in [3.63, 3.8) is 0 Å². The van der Waals surface area contributed by atoms with Gasteiger partial charge in [0.15, 0.2) is 0 Å². The smallest absolute Gasteiger partial charge is 0.307 e. The molecule has 1 amide bonds.